The summed E-state index contributed by atoms with van der Waals surface area (Å²) in [5.41, 5.74) is 1.80. The summed E-state index contributed by atoms with van der Waals surface area (Å²) in [6.07, 6.45) is 1.81. The van der Waals surface area contributed by atoms with Gasteiger partial charge in [0, 0.05) is 6.20 Å². The molecule has 1 aromatic carbocycles. The van der Waals surface area contributed by atoms with Crippen LogP contribution in [0.4, 0.5) is 4.39 Å². The van der Waals surface area contributed by atoms with Crippen LogP contribution in [0.3, 0.4) is 0 Å². The number of rotatable bonds is 0. The van der Waals surface area contributed by atoms with E-state index in [9.17, 15) is 9.18 Å². The minimum atomic E-state index is -0.427. The third-order valence-electron chi connectivity index (χ3n) is 2.82. The van der Waals surface area contributed by atoms with Crippen LogP contribution in [-0.2, 0) is 0 Å². The Labute approximate surface area is 96.2 Å². The van der Waals surface area contributed by atoms with Gasteiger partial charge in [0.15, 0.2) is 0 Å². The van der Waals surface area contributed by atoms with Crippen LogP contribution in [0.25, 0.3) is 16.6 Å². The number of halogens is 1. The van der Waals surface area contributed by atoms with Gasteiger partial charge in [-0.1, -0.05) is 6.07 Å². The molecule has 0 spiro atoms. The fourth-order valence-corrected chi connectivity index (χ4v) is 1.99. The molecule has 0 aliphatic heterocycles. The molecule has 3 rings (SSSR count). The molecule has 3 aromatic rings. The largest absolute Gasteiger partial charge is 0.301 e. The molecule has 0 unspecified atom stereocenters. The highest BCUT2D eigenvalue weighted by Crippen LogP contribution is 2.15. The Morgan fingerprint density at radius 2 is 2.12 bits per heavy atom. The first-order valence-corrected chi connectivity index (χ1v) is 5.24. The molecule has 0 aliphatic carbocycles. The lowest BCUT2D eigenvalue weighted by Gasteiger charge is -2.06. The molecule has 0 bridgehead atoms. The third-order valence-corrected chi connectivity index (χ3v) is 2.82. The standard InChI is InChI=1S/C13H9FN2O/c1-8-3-2-6-16-11-5-4-9(14)7-10(11)13(17)15-12(8)16/h2-7H,1H3. The summed E-state index contributed by atoms with van der Waals surface area (Å²) < 4.78 is 14.9. The van der Waals surface area contributed by atoms with Crippen molar-refractivity contribution in [2.24, 2.45) is 0 Å². The lowest BCUT2D eigenvalue weighted by Crippen LogP contribution is -2.11. The van der Waals surface area contributed by atoms with E-state index in [2.05, 4.69) is 4.98 Å². The Kier molecular flexibility index (Phi) is 1.98. The quantitative estimate of drug-likeness (QED) is 0.553. The topological polar surface area (TPSA) is 34.4 Å². The lowest BCUT2D eigenvalue weighted by molar-refractivity contribution is 0.629. The zero-order valence-corrected chi connectivity index (χ0v) is 9.14. The van der Waals surface area contributed by atoms with E-state index in [0.717, 1.165) is 5.56 Å². The first-order valence-electron chi connectivity index (χ1n) is 5.24. The molecule has 0 saturated heterocycles. The Balaban J connectivity index is 2.65. The van der Waals surface area contributed by atoms with Crippen molar-refractivity contribution in [1.29, 1.82) is 0 Å². The van der Waals surface area contributed by atoms with E-state index in [1.165, 1.54) is 12.1 Å². The minimum absolute atomic E-state index is 0.299. The highest BCUT2D eigenvalue weighted by atomic mass is 19.1. The van der Waals surface area contributed by atoms with E-state index in [0.29, 0.717) is 16.6 Å². The van der Waals surface area contributed by atoms with E-state index in [1.807, 2.05) is 25.3 Å². The molecule has 4 heteroatoms. The van der Waals surface area contributed by atoms with Crippen LogP contribution >= 0.6 is 0 Å². The van der Waals surface area contributed by atoms with Gasteiger partial charge in [0.2, 0.25) is 0 Å². The highest BCUT2D eigenvalue weighted by Gasteiger charge is 2.07. The molecule has 17 heavy (non-hydrogen) atoms. The van der Waals surface area contributed by atoms with E-state index in [4.69, 9.17) is 0 Å². The fraction of sp³-hybridized carbons (Fsp3) is 0.0769. The SMILES string of the molecule is Cc1cccn2c1nc(=O)c1cc(F)ccc12. The molecule has 2 aromatic heterocycles. The summed E-state index contributed by atoms with van der Waals surface area (Å²) in [6.45, 7) is 1.89. The van der Waals surface area contributed by atoms with Crippen LogP contribution < -0.4 is 5.56 Å². The van der Waals surface area contributed by atoms with Crippen molar-refractivity contribution in [3.05, 3.63) is 58.3 Å². The molecule has 0 aliphatic rings. The first kappa shape index (κ1) is 9.96. The van der Waals surface area contributed by atoms with Gasteiger partial charge in [-0.05, 0) is 36.8 Å². The number of pyridine rings is 1. The van der Waals surface area contributed by atoms with Crippen LogP contribution in [0, 0.1) is 12.7 Å². The molecule has 0 radical (unpaired) electrons. The lowest BCUT2D eigenvalue weighted by atomic mass is 10.2. The van der Waals surface area contributed by atoms with Crippen molar-refractivity contribution >= 4 is 16.6 Å². The van der Waals surface area contributed by atoms with Gasteiger partial charge in [0.05, 0.1) is 10.9 Å². The van der Waals surface area contributed by atoms with Gasteiger partial charge in [-0.25, -0.2) is 4.39 Å². The van der Waals surface area contributed by atoms with E-state index in [1.54, 1.807) is 10.5 Å². The summed E-state index contributed by atoms with van der Waals surface area (Å²) in [7, 11) is 0. The summed E-state index contributed by atoms with van der Waals surface area (Å²) in [5, 5.41) is 0.299. The molecule has 0 fully saturated rings. The minimum Gasteiger partial charge on any atom is -0.301 e. The third kappa shape index (κ3) is 1.41. The number of aromatic nitrogens is 2. The number of benzene rings is 1. The molecule has 0 N–H and O–H groups in total. The Morgan fingerprint density at radius 3 is 2.94 bits per heavy atom. The van der Waals surface area contributed by atoms with Gasteiger partial charge < -0.3 is 4.40 Å². The monoisotopic (exact) mass is 228 g/mol. The first-order chi connectivity index (χ1) is 8.16. The van der Waals surface area contributed by atoms with Crippen molar-refractivity contribution < 1.29 is 4.39 Å². The summed E-state index contributed by atoms with van der Waals surface area (Å²) in [6, 6.07) is 7.92. The molecular weight excluding hydrogens is 219 g/mol. The van der Waals surface area contributed by atoms with Crippen LogP contribution in [0.2, 0.25) is 0 Å². The molecular formula is C13H9FN2O. The predicted octanol–water partition coefficient (Wildman–Crippen LogP) is 2.30. The van der Waals surface area contributed by atoms with E-state index < -0.39 is 11.4 Å². The van der Waals surface area contributed by atoms with Crippen LogP contribution in [0.5, 0.6) is 0 Å². The van der Waals surface area contributed by atoms with Crippen molar-refractivity contribution in [2.45, 2.75) is 6.92 Å². The van der Waals surface area contributed by atoms with Gasteiger partial charge >= 0.3 is 0 Å². The number of nitrogens with zero attached hydrogens (tertiary/aromatic N) is 2. The average molecular weight is 228 g/mol. The van der Waals surface area contributed by atoms with Gasteiger partial charge in [0.1, 0.15) is 11.5 Å². The smallest absolute Gasteiger partial charge is 0.281 e. The zero-order valence-electron chi connectivity index (χ0n) is 9.14. The van der Waals surface area contributed by atoms with Crippen molar-refractivity contribution in [3.63, 3.8) is 0 Å². The predicted molar refractivity (Wildman–Crippen MR) is 63.7 cm³/mol. The Hall–Kier alpha value is -2.23. The van der Waals surface area contributed by atoms with Crippen LogP contribution in [0.15, 0.2) is 41.3 Å². The zero-order chi connectivity index (χ0) is 12.0. The fourth-order valence-electron chi connectivity index (χ4n) is 1.99. The molecule has 0 atom stereocenters. The molecule has 2 heterocycles. The van der Waals surface area contributed by atoms with E-state index >= 15 is 0 Å². The molecule has 3 nitrogen and oxygen atoms in total. The maximum absolute atomic E-state index is 13.1. The van der Waals surface area contributed by atoms with Crippen LogP contribution in [0.1, 0.15) is 5.56 Å². The highest BCUT2D eigenvalue weighted by molar-refractivity contribution is 5.80. The van der Waals surface area contributed by atoms with Crippen LogP contribution in [-0.4, -0.2) is 9.38 Å². The maximum atomic E-state index is 13.1. The Morgan fingerprint density at radius 1 is 1.29 bits per heavy atom. The average Bonchev–Trinajstić information content (AvgIpc) is 2.31. The number of fused-ring (bicyclic) bond motifs is 3. The molecule has 0 amide bonds. The Bertz CT molecular complexity index is 792. The second-order valence-electron chi connectivity index (χ2n) is 3.96. The van der Waals surface area contributed by atoms with Gasteiger partial charge in [-0.3, -0.25) is 4.79 Å². The second kappa shape index (κ2) is 3.38. The normalized spacial score (nSPS) is 11.2. The van der Waals surface area contributed by atoms with Gasteiger partial charge in [-0.2, -0.15) is 4.98 Å². The van der Waals surface area contributed by atoms with Crippen molar-refractivity contribution in [1.82, 2.24) is 9.38 Å². The van der Waals surface area contributed by atoms with Gasteiger partial charge in [-0.15, -0.1) is 0 Å². The maximum Gasteiger partial charge on any atom is 0.281 e. The number of hydrogen-bond acceptors (Lipinski definition) is 2. The second-order valence-corrected chi connectivity index (χ2v) is 3.96. The van der Waals surface area contributed by atoms with Gasteiger partial charge in [0.25, 0.3) is 5.56 Å². The summed E-state index contributed by atoms with van der Waals surface area (Å²) >= 11 is 0. The van der Waals surface area contributed by atoms with Crippen molar-refractivity contribution in [2.75, 3.05) is 0 Å². The molecule has 84 valence electrons. The van der Waals surface area contributed by atoms with Crippen molar-refractivity contribution in [3.8, 4) is 0 Å². The number of hydrogen-bond donors (Lipinski definition) is 0. The summed E-state index contributed by atoms with van der Waals surface area (Å²) in [4.78, 5) is 15.8. The molecule has 0 saturated carbocycles. The van der Waals surface area contributed by atoms with E-state index in [-0.39, 0.29) is 0 Å². The number of aryl methyl sites for hydroxylation is 1. The summed E-state index contributed by atoms with van der Waals surface area (Å²) in [5.74, 6) is -0.427.